The molecule has 0 saturated carbocycles. The summed E-state index contributed by atoms with van der Waals surface area (Å²) in [6.45, 7) is 0.695. The van der Waals surface area contributed by atoms with Gasteiger partial charge >= 0.3 is 5.97 Å². The van der Waals surface area contributed by atoms with Gasteiger partial charge in [0.25, 0.3) is 0 Å². The van der Waals surface area contributed by atoms with Gasteiger partial charge in [0.05, 0.1) is 7.11 Å². The Kier molecular flexibility index (Phi) is 6.81. The van der Waals surface area contributed by atoms with Crippen LogP contribution in [-0.2, 0) is 9.53 Å². The van der Waals surface area contributed by atoms with Gasteiger partial charge in [0.15, 0.2) is 0 Å². The normalized spacial score (nSPS) is 11.5. The van der Waals surface area contributed by atoms with Crippen LogP contribution in [0.15, 0.2) is 34.3 Å². The van der Waals surface area contributed by atoms with E-state index < -0.39 is 6.04 Å². The molecule has 1 atom stereocenters. The van der Waals surface area contributed by atoms with Crippen molar-refractivity contribution in [3.8, 4) is 0 Å². The Morgan fingerprint density at radius 1 is 1.53 bits per heavy atom. The van der Waals surface area contributed by atoms with Crippen molar-refractivity contribution in [2.24, 2.45) is 5.11 Å². The lowest BCUT2D eigenvalue weighted by atomic mass is 10.1. The van der Waals surface area contributed by atoms with Gasteiger partial charge in [-0.3, -0.25) is 0 Å². The Labute approximate surface area is 116 Å². The van der Waals surface area contributed by atoms with Gasteiger partial charge in [-0.15, -0.1) is 11.8 Å². The molecule has 1 aromatic rings. The van der Waals surface area contributed by atoms with E-state index in [0.717, 1.165) is 10.5 Å². The molecule has 0 aliphatic rings. The second-order valence-electron chi connectivity index (χ2n) is 3.64. The first kappa shape index (κ1) is 15.4. The number of benzene rings is 1. The molecule has 0 aliphatic heterocycles. The van der Waals surface area contributed by atoms with E-state index in [0.29, 0.717) is 6.54 Å². The Morgan fingerprint density at radius 3 is 2.74 bits per heavy atom. The van der Waals surface area contributed by atoms with Crippen molar-refractivity contribution < 1.29 is 9.53 Å². The van der Waals surface area contributed by atoms with Gasteiger partial charge in [0, 0.05) is 22.9 Å². The minimum Gasteiger partial charge on any atom is -0.468 e. The number of thioether (sulfide) groups is 1. The molecule has 1 N–H and O–H groups in total. The van der Waals surface area contributed by atoms with Crippen molar-refractivity contribution in [3.63, 3.8) is 0 Å². The van der Waals surface area contributed by atoms with E-state index in [-0.39, 0.29) is 12.5 Å². The molecule has 0 heterocycles. The summed E-state index contributed by atoms with van der Waals surface area (Å²) in [5, 5.41) is 6.43. The van der Waals surface area contributed by atoms with Crippen molar-refractivity contribution in [2.45, 2.75) is 10.9 Å². The summed E-state index contributed by atoms with van der Waals surface area (Å²) in [6.07, 6.45) is 1.99. The predicted molar refractivity (Wildman–Crippen MR) is 75.0 cm³/mol. The number of azide groups is 1. The number of nitrogens with zero attached hydrogens (tertiary/aromatic N) is 3. The van der Waals surface area contributed by atoms with Gasteiger partial charge in [-0.05, 0) is 29.5 Å². The molecule has 1 unspecified atom stereocenters. The van der Waals surface area contributed by atoms with Gasteiger partial charge in [-0.2, -0.15) is 0 Å². The standard InChI is InChI=1S/C12H16N4O2S/c1-18-12(17)11(14-7-8-15-16-13)9-3-5-10(19-2)6-4-9/h3-6,11,14H,7-8H2,1-2H3. The van der Waals surface area contributed by atoms with Crippen molar-refractivity contribution in [3.05, 3.63) is 40.3 Å². The number of esters is 1. The van der Waals surface area contributed by atoms with Gasteiger partial charge in [0.2, 0.25) is 0 Å². The lowest BCUT2D eigenvalue weighted by Gasteiger charge is -2.16. The molecule has 19 heavy (non-hydrogen) atoms. The molecular formula is C12H16N4O2S. The second-order valence-corrected chi connectivity index (χ2v) is 4.52. The van der Waals surface area contributed by atoms with Crippen molar-refractivity contribution >= 4 is 17.7 Å². The molecule has 1 rings (SSSR count). The largest absolute Gasteiger partial charge is 0.468 e. The topological polar surface area (TPSA) is 87.1 Å². The summed E-state index contributed by atoms with van der Waals surface area (Å²) in [5.74, 6) is -0.363. The van der Waals surface area contributed by atoms with E-state index in [1.165, 1.54) is 7.11 Å². The predicted octanol–water partition coefficient (Wildman–Crippen LogP) is 2.52. The molecule has 0 fully saturated rings. The van der Waals surface area contributed by atoms with Gasteiger partial charge in [0.1, 0.15) is 6.04 Å². The average Bonchev–Trinajstić information content (AvgIpc) is 2.47. The highest BCUT2D eigenvalue weighted by Gasteiger charge is 2.20. The maximum atomic E-state index is 11.7. The van der Waals surface area contributed by atoms with E-state index in [1.54, 1.807) is 11.8 Å². The smallest absolute Gasteiger partial charge is 0.327 e. The number of hydrogen-bond acceptors (Lipinski definition) is 5. The fraction of sp³-hybridized carbons (Fsp3) is 0.417. The summed E-state index contributed by atoms with van der Waals surface area (Å²) in [7, 11) is 1.35. The van der Waals surface area contributed by atoms with Crippen molar-refractivity contribution in [1.82, 2.24) is 5.32 Å². The molecule has 0 bridgehead atoms. The third-order valence-corrected chi connectivity index (χ3v) is 3.25. The van der Waals surface area contributed by atoms with E-state index in [1.807, 2.05) is 30.5 Å². The lowest BCUT2D eigenvalue weighted by Crippen LogP contribution is -2.31. The van der Waals surface area contributed by atoms with Crippen LogP contribution in [0.2, 0.25) is 0 Å². The Bertz CT molecular complexity index is 457. The van der Waals surface area contributed by atoms with Gasteiger partial charge in [-0.25, -0.2) is 4.79 Å². The summed E-state index contributed by atoms with van der Waals surface area (Å²) in [6, 6.07) is 7.12. The molecule has 0 amide bonds. The number of hydrogen-bond donors (Lipinski definition) is 1. The third-order valence-electron chi connectivity index (χ3n) is 2.51. The number of carbonyl (C=O) groups is 1. The minimum absolute atomic E-state index is 0.285. The first-order valence-electron chi connectivity index (χ1n) is 5.69. The minimum atomic E-state index is -0.546. The van der Waals surface area contributed by atoms with E-state index in [2.05, 4.69) is 15.3 Å². The average molecular weight is 280 g/mol. The fourth-order valence-electron chi connectivity index (χ4n) is 1.56. The molecule has 6 nitrogen and oxygen atoms in total. The van der Waals surface area contributed by atoms with Crippen molar-refractivity contribution in [2.75, 3.05) is 26.5 Å². The van der Waals surface area contributed by atoms with Crippen LogP contribution in [0.25, 0.3) is 10.4 Å². The quantitative estimate of drug-likeness (QED) is 0.208. The number of carbonyl (C=O) groups excluding carboxylic acids is 1. The first-order chi connectivity index (χ1) is 9.22. The number of ether oxygens (including phenoxy) is 1. The summed E-state index contributed by atoms with van der Waals surface area (Å²) >= 11 is 1.64. The maximum Gasteiger partial charge on any atom is 0.327 e. The van der Waals surface area contributed by atoms with Crippen LogP contribution in [0.4, 0.5) is 0 Å². The Balaban J connectivity index is 2.76. The molecule has 0 spiro atoms. The van der Waals surface area contributed by atoms with Crippen molar-refractivity contribution in [1.29, 1.82) is 0 Å². The zero-order valence-corrected chi connectivity index (χ0v) is 11.7. The number of nitrogens with one attached hydrogen (secondary N) is 1. The van der Waals surface area contributed by atoms with Crippen LogP contribution in [-0.4, -0.2) is 32.4 Å². The van der Waals surface area contributed by atoms with Crippen LogP contribution < -0.4 is 5.32 Å². The lowest BCUT2D eigenvalue weighted by molar-refractivity contribution is -0.143. The molecule has 0 aliphatic carbocycles. The van der Waals surface area contributed by atoms with E-state index in [9.17, 15) is 4.79 Å². The molecule has 0 saturated heterocycles. The molecule has 1 aromatic carbocycles. The van der Waals surface area contributed by atoms with Crippen LogP contribution >= 0.6 is 11.8 Å². The van der Waals surface area contributed by atoms with Crippen LogP contribution in [0.3, 0.4) is 0 Å². The second kappa shape index (κ2) is 8.42. The summed E-state index contributed by atoms with van der Waals surface area (Å²) in [5.41, 5.74) is 9.02. The first-order valence-corrected chi connectivity index (χ1v) is 6.91. The highest BCUT2D eigenvalue weighted by Crippen LogP contribution is 2.19. The van der Waals surface area contributed by atoms with E-state index in [4.69, 9.17) is 10.3 Å². The Morgan fingerprint density at radius 2 is 2.21 bits per heavy atom. The number of rotatable bonds is 7. The van der Waals surface area contributed by atoms with Crippen LogP contribution in [0.5, 0.6) is 0 Å². The summed E-state index contributed by atoms with van der Waals surface area (Å²) in [4.78, 5) is 15.5. The molecule has 7 heteroatoms. The van der Waals surface area contributed by atoms with Gasteiger partial charge < -0.3 is 10.1 Å². The highest BCUT2D eigenvalue weighted by molar-refractivity contribution is 7.98. The highest BCUT2D eigenvalue weighted by atomic mass is 32.2. The number of methoxy groups -OCH3 is 1. The van der Waals surface area contributed by atoms with Crippen LogP contribution in [0.1, 0.15) is 11.6 Å². The zero-order valence-electron chi connectivity index (χ0n) is 10.9. The summed E-state index contributed by atoms with van der Waals surface area (Å²) < 4.78 is 4.77. The molecule has 102 valence electrons. The third kappa shape index (κ3) is 4.82. The molecule has 0 aromatic heterocycles. The molecule has 0 radical (unpaired) electrons. The maximum absolute atomic E-state index is 11.7. The monoisotopic (exact) mass is 280 g/mol. The van der Waals surface area contributed by atoms with E-state index >= 15 is 0 Å². The van der Waals surface area contributed by atoms with Crippen LogP contribution in [0, 0.1) is 0 Å². The SMILES string of the molecule is COC(=O)C(NCCN=[N+]=[N-])c1ccc(SC)cc1. The molecular weight excluding hydrogens is 264 g/mol. The fourth-order valence-corrected chi connectivity index (χ4v) is 1.96. The zero-order chi connectivity index (χ0) is 14.1. The van der Waals surface area contributed by atoms with Gasteiger partial charge in [-0.1, -0.05) is 17.2 Å². The Hall–Kier alpha value is -1.69.